The van der Waals surface area contributed by atoms with E-state index in [1.165, 1.54) is 6.20 Å². The Morgan fingerprint density at radius 1 is 1.35 bits per heavy atom. The van der Waals surface area contributed by atoms with Crippen LogP contribution in [0.2, 0.25) is 5.28 Å². The number of pyridine rings is 1. The molecule has 88 valence electrons. The molecule has 0 aliphatic carbocycles. The van der Waals surface area contributed by atoms with Crippen molar-refractivity contribution < 1.29 is 0 Å². The van der Waals surface area contributed by atoms with E-state index in [1.807, 2.05) is 25.1 Å². The average molecular weight is 250 g/mol. The van der Waals surface area contributed by atoms with E-state index < -0.39 is 0 Å². The molecule has 0 bridgehead atoms. The second kappa shape index (κ2) is 4.97. The Morgan fingerprint density at radius 2 is 2.18 bits per heavy atom. The van der Waals surface area contributed by atoms with E-state index in [4.69, 9.17) is 17.3 Å². The van der Waals surface area contributed by atoms with Crippen molar-refractivity contribution in [3.63, 3.8) is 0 Å². The summed E-state index contributed by atoms with van der Waals surface area (Å²) in [4.78, 5) is 12.1. The van der Waals surface area contributed by atoms with Crippen molar-refractivity contribution in [1.29, 1.82) is 0 Å². The van der Waals surface area contributed by atoms with Crippen molar-refractivity contribution >= 4 is 23.1 Å². The van der Waals surface area contributed by atoms with Gasteiger partial charge in [-0.25, -0.2) is 4.98 Å². The number of nitrogens with one attached hydrogen (secondary N) is 1. The van der Waals surface area contributed by atoms with Crippen molar-refractivity contribution in [1.82, 2.24) is 15.0 Å². The summed E-state index contributed by atoms with van der Waals surface area (Å²) in [5, 5.41) is 3.24. The molecule has 0 spiro atoms. The van der Waals surface area contributed by atoms with Gasteiger partial charge in [0.2, 0.25) is 5.28 Å². The number of aryl methyl sites for hydroxylation is 1. The van der Waals surface area contributed by atoms with Crippen LogP contribution in [0.3, 0.4) is 0 Å². The van der Waals surface area contributed by atoms with Crippen LogP contribution in [-0.2, 0) is 6.54 Å². The molecule has 0 atom stereocenters. The molecular formula is C11H12ClN5. The predicted molar refractivity (Wildman–Crippen MR) is 67.8 cm³/mol. The first-order valence-electron chi connectivity index (χ1n) is 5.09. The SMILES string of the molecule is Cc1cccc(CNc2nc(Cl)ncc2N)n1. The standard InChI is InChI=1S/C11H12ClN5/c1-7-3-2-4-8(16-7)5-14-10-9(13)6-15-11(12)17-10/h2-4,6H,5,13H2,1H3,(H,14,15,17). The molecule has 0 saturated carbocycles. The highest BCUT2D eigenvalue weighted by molar-refractivity contribution is 6.28. The Balaban J connectivity index is 2.09. The maximum absolute atomic E-state index is 5.72. The summed E-state index contributed by atoms with van der Waals surface area (Å²) < 4.78 is 0. The largest absolute Gasteiger partial charge is 0.394 e. The number of anilines is 2. The van der Waals surface area contributed by atoms with Gasteiger partial charge in [-0.2, -0.15) is 4.98 Å². The van der Waals surface area contributed by atoms with Crippen LogP contribution in [0.4, 0.5) is 11.5 Å². The molecule has 0 fully saturated rings. The first kappa shape index (κ1) is 11.6. The first-order chi connectivity index (χ1) is 8.15. The first-order valence-corrected chi connectivity index (χ1v) is 5.47. The second-order valence-corrected chi connectivity index (χ2v) is 3.90. The highest BCUT2D eigenvalue weighted by Crippen LogP contribution is 2.16. The molecule has 0 unspecified atom stereocenters. The quantitative estimate of drug-likeness (QED) is 0.814. The van der Waals surface area contributed by atoms with Crippen LogP contribution in [-0.4, -0.2) is 15.0 Å². The average Bonchev–Trinajstić information content (AvgIpc) is 2.30. The number of nitrogens with zero attached hydrogens (tertiary/aromatic N) is 3. The molecule has 17 heavy (non-hydrogen) atoms. The second-order valence-electron chi connectivity index (χ2n) is 3.57. The maximum Gasteiger partial charge on any atom is 0.224 e. The van der Waals surface area contributed by atoms with E-state index in [-0.39, 0.29) is 5.28 Å². The monoisotopic (exact) mass is 249 g/mol. The minimum atomic E-state index is 0.166. The smallest absolute Gasteiger partial charge is 0.224 e. The van der Waals surface area contributed by atoms with Gasteiger partial charge >= 0.3 is 0 Å². The highest BCUT2D eigenvalue weighted by atomic mass is 35.5. The third kappa shape index (κ3) is 3.04. The van der Waals surface area contributed by atoms with Crippen molar-refractivity contribution in [2.75, 3.05) is 11.1 Å². The van der Waals surface area contributed by atoms with Crippen LogP contribution >= 0.6 is 11.6 Å². The fourth-order valence-corrected chi connectivity index (χ4v) is 1.52. The van der Waals surface area contributed by atoms with Crippen LogP contribution in [0.1, 0.15) is 11.4 Å². The molecule has 3 N–H and O–H groups in total. The van der Waals surface area contributed by atoms with Gasteiger partial charge in [0.25, 0.3) is 0 Å². The molecule has 2 rings (SSSR count). The number of aromatic nitrogens is 3. The zero-order valence-electron chi connectivity index (χ0n) is 9.31. The molecule has 0 aromatic carbocycles. The maximum atomic E-state index is 5.72. The summed E-state index contributed by atoms with van der Waals surface area (Å²) in [5.74, 6) is 0.522. The topological polar surface area (TPSA) is 76.7 Å². The van der Waals surface area contributed by atoms with E-state index in [9.17, 15) is 0 Å². The van der Waals surface area contributed by atoms with Gasteiger partial charge in [0.1, 0.15) is 0 Å². The van der Waals surface area contributed by atoms with Gasteiger partial charge < -0.3 is 11.1 Å². The zero-order chi connectivity index (χ0) is 12.3. The van der Waals surface area contributed by atoms with E-state index >= 15 is 0 Å². The summed E-state index contributed by atoms with van der Waals surface area (Å²) in [6, 6.07) is 5.83. The Morgan fingerprint density at radius 3 is 2.94 bits per heavy atom. The zero-order valence-corrected chi connectivity index (χ0v) is 10.1. The lowest BCUT2D eigenvalue weighted by molar-refractivity contribution is 0.999. The van der Waals surface area contributed by atoms with Crippen molar-refractivity contribution in [3.05, 3.63) is 41.1 Å². The van der Waals surface area contributed by atoms with Gasteiger partial charge in [-0.1, -0.05) is 6.07 Å². The molecule has 0 aliphatic rings. The van der Waals surface area contributed by atoms with Crippen LogP contribution in [0.5, 0.6) is 0 Å². The van der Waals surface area contributed by atoms with Crippen molar-refractivity contribution in [2.45, 2.75) is 13.5 Å². The Hall–Kier alpha value is -1.88. The van der Waals surface area contributed by atoms with E-state index in [0.717, 1.165) is 11.4 Å². The lowest BCUT2D eigenvalue weighted by atomic mass is 10.3. The molecule has 0 saturated heterocycles. The number of hydrogen-bond donors (Lipinski definition) is 2. The summed E-state index contributed by atoms with van der Waals surface area (Å²) in [5.41, 5.74) is 8.06. The Labute approximate surface area is 104 Å². The lowest BCUT2D eigenvalue weighted by Crippen LogP contribution is -2.07. The number of nitrogens with two attached hydrogens (primary N) is 1. The molecule has 0 amide bonds. The van der Waals surface area contributed by atoms with E-state index in [2.05, 4.69) is 20.3 Å². The fourth-order valence-electron chi connectivity index (χ4n) is 1.38. The molecule has 2 heterocycles. The van der Waals surface area contributed by atoms with Crippen LogP contribution in [0, 0.1) is 6.92 Å². The number of rotatable bonds is 3. The van der Waals surface area contributed by atoms with Crippen molar-refractivity contribution in [3.8, 4) is 0 Å². The summed E-state index contributed by atoms with van der Waals surface area (Å²) in [6.07, 6.45) is 1.47. The van der Waals surface area contributed by atoms with Gasteiger partial charge in [-0.15, -0.1) is 0 Å². The number of nitrogen functional groups attached to an aromatic ring is 1. The minimum absolute atomic E-state index is 0.166. The molecule has 5 nitrogen and oxygen atoms in total. The van der Waals surface area contributed by atoms with Gasteiger partial charge in [0.15, 0.2) is 5.82 Å². The Kier molecular flexibility index (Phi) is 3.39. The summed E-state index contributed by atoms with van der Waals surface area (Å²) in [7, 11) is 0. The third-order valence-electron chi connectivity index (χ3n) is 2.17. The molecular weight excluding hydrogens is 238 g/mol. The van der Waals surface area contributed by atoms with Crippen LogP contribution in [0.25, 0.3) is 0 Å². The Bertz CT molecular complexity index is 529. The highest BCUT2D eigenvalue weighted by Gasteiger charge is 2.03. The molecule has 2 aromatic heterocycles. The minimum Gasteiger partial charge on any atom is -0.394 e. The van der Waals surface area contributed by atoms with Crippen LogP contribution < -0.4 is 11.1 Å². The van der Waals surface area contributed by atoms with Gasteiger partial charge in [-0.3, -0.25) is 4.98 Å². The van der Waals surface area contributed by atoms with Gasteiger partial charge in [-0.05, 0) is 30.7 Å². The number of halogens is 1. The van der Waals surface area contributed by atoms with Crippen LogP contribution in [0.15, 0.2) is 24.4 Å². The summed E-state index contributed by atoms with van der Waals surface area (Å²) in [6.45, 7) is 2.48. The van der Waals surface area contributed by atoms with Gasteiger partial charge in [0, 0.05) is 5.69 Å². The van der Waals surface area contributed by atoms with Gasteiger partial charge in [0.05, 0.1) is 24.1 Å². The normalized spacial score (nSPS) is 10.2. The molecule has 0 aliphatic heterocycles. The lowest BCUT2D eigenvalue weighted by Gasteiger charge is -2.07. The molecule has 0 radical (unpaired) electrons. The molecule has 2 aromatic rings. The fraction of sp³-hybridized carbons (Fsp3) is 0.182. The molecule has 6 heteroatoms. The number of hydrogen-bond acceptors (Lipinski definition) is 5. The van der Waals surface area contributed by atoms with E-state index in [0.29, 0.717) is 18.1 Å². The third-order valence-corrected chi connectivity index (χ3v) is 2.35. The van der Waals surface area contributed by atoms with Crippen molar-refractivity contribution in [2.24, 2.45) is 0 Å². The van der Waals surface area contributed by atoms with E-state index in [1.54, 1.807) is 0 Å². The summed E-state index contributed by atoms with van der Waals surface area (Å²) >= 11 is 5.69. The predicted octanol–water partition coefficient (Wildman–Crippen LogP) is 2.03.